The van der Waals surface area contributed by atoms with Crippen LogP contribution in [0.25, 0.3) is 5.69 Å². The lowest BCUT2D eigenvalue weighted by Gasteiger charge is -2.28. The van der Waals surface area contributed by atoms with Gasteiger partial charge in [0.15, 0.2) is 0 Å². The molecule has 1 aliphatic heterocycles. The summed E-state index contributed by atoms with van der Waals surface area (Å²) in [5.74, 6) is -1.38. The van der Waals surface area contributed by atoms with Crippen molar-refractivity contribution in [3.05, 3.63) is 47.8 Å². The van der Waals surface area contributed by atoms with Gasteiger partial charge in [0.2, 0.25) is 5.91 Å². The second-order valence-electron chi connectivity index (χ2n) is 7.38. The average Bonchev–Trinajstić information content (AvgIpc) is 3.04. The Morgan fingerprint density at radius 2 is 1.97 bits per heavy atom. The van der Waals surface area contributed by atoms with Crippen molar-refractivity contribution in [1.29, 1.82) is 0 Å². The number of aliphatic carboxylic acids is 1. The molecule has 0 spiro atoms. The number of para-hydroxylation sites is 1. The van der Waals surface area contributed by atoms with E-state index < -0.39 is 5.97 Å². The smallest absolute Gasteiger partial charge is 0.323 e. The number of nitrogens with zero attached hydrogens (tertiary/aromatic N) is 4. The van der Waals surface area contributed by atoms with Crippen LogP contribution in [-0.4, -0.2) is 68.1 Å². The van der Waals surface area contributed by atoms with Crippen LogP contribution in [0.5, 0.6) is 0 Å². The van der Waals surface area contributed by atoms with Gasteiger partial charge in [0.25, 0.3) is 5.91 Å². The Kier molecular flexibility index (Phi) is 6.31. The standard InChI is InChI=1S/C21H26N4O4/c1-15-6-3-4-8-19(15)25-13-17(12-22-25)21(29)23-10-5-7-18(9-11-23)24(16(2)26)14-20(27)28/h3-4,6,8,12-13,18H,5,7,9-11,14H2,1-2H3,(H,27,28). The summed E-state index contributed by atoms with van der Waals surface area (Å²) in [6.45, 7) is 4.12. The molecule has 8 nitrogen and oxygen atoms in total. The van der Waals surface area contributed by atoms with Gasteiger partial charge in [-0.2, -0.15) is 5.10 Å². The molecule has 1 aromatic heterocycles. The number of aryl methyl sites for hydroxylation is 1. The predicted octanol–water partition coefficient (Wildman–Crippen LogP) is 2.11. The van der Waals surface area contributed by atoms with Gasteiger partial charge >= 0.3 is 5.97 Å². The molecule has 1 fully saturated rings. The molecular formula is C21H26N4O4. The van der Waals surface area contributed by atoms with Gasteiger partial charge in [-0.15, -0.1) is 0 Å². The highest BCUT2D eigenvalue weighted by Crippen LogP contribution is 2.20. The monoisotopic (exact) mass is 398 g/mol. The Balaban J connectivity index is 1.69. The maximum Gasteiger partial charge on any atom is 0.323 e. The Bertz CT molecular complexity index is 908. The van der Waals surface area contributed by atoms with Crippen molar-refractivity contribution >= 4 is 17.8 Å². The number of benzene rings is 1. The maximum absolute atomic E-state index is 13.0. The zero-order valence-corrected chi connectivity index (χ0v) is 16.7. The third kappa shape index (κ3) is 4.82. The number of carboxylic acids is 1. The fourth-order valence-electron chi connectivity index (χ4n) is 3.80. The predicted molar refractivity (Wildman–Crippen MR) is 107 cm³/mol. The molecule has 0 bridgehead atoms. The molecule has 1 aromatic carbocycles. The lowest BCUT2D eigenvalue weighted by Crippen LogP contribution is -2.43. The number of hydrogen-bond acceptors (Lipinski definition) is 4. The van der Waals surface area contributed by atoms with Crippen molar-refractivity contribution in [2.24, 2.45) is 0 Å². The molecule has 1 aliphatic rings. The fourth-order valence-corrected chi connectivity index (χ4v) is 3.80. The van der Waals surface area contributed by atoms with Gasteiger partial charge in [-0.1, -0.05) is 18.2 Å². The van der Waals surface area contributed by atoms with Crippen molar-refractivity contribution < 1.29 is 19.5 Å². The van der Waals surface area contributed by atoms with E-state index in [1.54, 1.807) is 22.0 Å². The van der Waals surface area contributed by atoms with Gasteiger partial charge < -0.3 is 14.9 Å². The number of carboxylic acid groups (broad SMARTS) is 1. The van der Waals surface area contributed by atoms with Crippen LogP contribution < -0.4 is 0 Å². The molecule has 0 saturated carbocycles. The first-order valence-corrected chi connectivity index (χ1v) is 9.75. The normalized spacial score (nSPS) is 16.9. The summed E-state index contributed by atoms with van der Waals surface area (Å²) in [6, 6.07) is 7.66. The van der Waals surface area contributed by atoms with E-state index >= 15 is 0 Å². The van der Waals surface area contributed by atoms with E-state index in [-0.39, 0.29) is 24.4 Å². The van der Waals surface area contributed by atoms with E-state index in [0.717, 1.165) is 11.3 Å². The maximum atomic E-state index is 13.0. The number of aromatic nitrogens is 2. The van der Waals surface area contributed by atoms with Gasteiger partial charge in [0, 0.05) is 32.3 Å². The van der Waals surface area contributed by atoms with E-state index in [9.17, 15) is 14.4 Å². The first-order valence-electron chi connectivity index (χ1n) is 9.75. The van der Waals surface area contributed by atoms with E-state index in [0.29, 0.717) is 37.9 Å². The lowest BCUT2D eigenvalue weighted by molar-refractivity contribution is -0.145. The van der Waals surface area contributed by atoms with Gasteiger partial charge in [0.05, 0.1) is 17.4 Å². The molecule has 2 heterocycles. The molecule has 8 heteroatoms. The number of hydrogen-bond donors (Lipinski definition) is 1. The summed E-state index contributed by atoms with van der Waals surface area (Å²) < 4.78 is 1.70. The first kappa shape index (κ1) is 20.6. The van der Waals surface area contributed by atoms with Crippen molar-refractivity contribution in [1.82, 2.24) is 19.6 Å². The lowest BCUT2D eigenvalue weighted by atomic mass is 10.1. The van der Waals surface area contributed by atoms with Crippen LogP contribution >= 0.6 is 0 Å². The van der Waals surface area contributed by atoms with E-state index in [4.69, 9.17) is 5.11 Å². The largest absolute Gasteiger partial charge is 0.480 e. The van der Waals surface area contributed by atoms with Crippen molar-refractivity contribution in [2.45, 2.75) is 39.2 Å². The third-order valence-electron chi connectivity index (χ3n) is 5.33. The number of likely N-dealkylation sites (tertiary alicyclic amines) is 1. The molecule has 154 valence electrons. The van der Waals surface area contributed by atoms with Gasteiger partial charge in [0.1, 0.15) is 6.54 Å². The fraction of sp³-hybridized carbons (Fsp3) is 0.429. The van der Waals surface area contributed by atoms with E-state index in [1.165, 1.54) is 11.8 Å². The van der Waals surface area contributed by atoms with E-state index in [2.05, 4.69) is 5.10 Å². The highest BCUT2D eigenvalue weighted by Gasteiger charge is 2.28. The second kappa shape index (κ2) is 8.89. The number of amides is 2. The molecule has 2 amide bonds. The van der Waals surface area contributed by atoms with Crippen LogP contribution in [0.4, 0.5) is 0 Å². The molecule has 2 aromatic rings. The summed E-state index contributed by atoms with van der Waals surface area (Å²) in [6.07, 6.45) is 5.26. The van der Waals surface area contributed by atoms with E-state index in [1.807, 2.05) is 31.2 Å². The zero-order chi connectivity index (χ0) is 21.0. The second-order valence-corrected chi connectivity index (χ2v) is 7.38. The van der Waals surface area contributed by atoms with Crippen molar-refractivity contribution in [3.8, 4) is 5.69 Å². The molecule has 3 rings (SSSR count). The van der Waals surface area contributed by atoms with Crippen LogP contribution in [0.3, 0.4) is 0 Å². The Hall–Kier alpha value is -3.16. The minimum Gasteiger partial charge on any atom is -0.480 e. The number of rotatable bonds is 5. The molecule has 1 unspecified atom stereocenters. The highest BCUT2D eigenvalue weighted by atomic mass is 16.4. The molecule has 1 atom stereocenters. The van der Waals surface area contributed by atoms with Gasteiger partial charge in [-0.05, 0) is 37.8 Å². The summed E-state index contributed by atoms with van der Waals surface area (Å²) in [5.41, 5.74) is 2.50. The highest BCUT2D eigenvalue weighted by molar-refractivity contribution is 5.93. The number of carbonyl (C=O) groups excluding carboxylic acids is 2. The minimum absolute atomic E-state index is 0.0990. The van der Waals surface area contributed by atoms with Crippen LogP contribution in [0, 0.1) is 6.92 Å². The average molecular weight is 398 g/mol. The summed E-state index contributed by atoms with van der Waals surface area (Å²) in [4.78, 5) is 39.1. The molecule has 1 N–H and O–H groups in total. The van der Waals surface area contributed by atoms with Crippen LogP contribution in [0.15, 0.2) is 36.7 Å². The van der Waals surface area contributed by atoms with Gasteiger partial charge in [-0.3, -0.25) is 14.4 Å². The van der Waals surface area contributed by atoms with Crippen LogP contribution in [0.1, 0.15) is 42.1 Å². The van der Waals surface area contributed by atoms with Crippen molar-refractivity contribution in [3.63, 3.8) is 0 Å². The third-order valence-corrected chi connectivity index (χ3v) is 5.33. The SMILES string of the molecule is CC(=O)N(CC(=O)O)C1CCCN(C(=O)c2cnn(-c3ccccc3C)c2)CC1. The van der Waals surface area contributed by atoms with Crippen LogP contribution in [0.2, 0.25) is 0 Å². The molecule has 29 heavy (non-hydrogen) atoms. The Morgan fingerprint density at radius 3 is 2.66 bits per heavy atom. The summed E-state index contributed by atoms with van der Waals surface area (Å²) in [7, 11) is 0. The van der Waals surface area contributed by atoms with Crippen LogP contribution in [-0.2, 0) is 9.59 Å². The summed E-state index contributed by atoms with van der Waals surface area (Å²) >= 11 is 0. The number of carbonyl (C=O) groups is 3. The quantitative estimate of drug-likeness (QED) is 0.832. The Labute approximate surface area is 169 Å². The molecule has 0 aliphatic carbocycles. The zero-order valence-electron chi connectivity index (χ0n) is 16.7. The van der Waals surface area contributed by atoms with Gasteiger partial charge in [-0.25, -0.2) is 4.68 Å². The molecular weight excluding hydrogens is 372 g/mol. The minimum atomic E-state index is -1.03. The Morgan fingerprint density at radius 1 is 1.21 bits per heavy atom. The first-order chi connectivity index (χ1) is 13.9. The van der Waals surface area contributed by atoms with Crippen molar-refractivity contribution in [2.75, 3.05) is 19.6 Å². The summed E-state index contributed by atoms with van der Waals surface area (Å²) in [5, 5.41) is 13.4. The molecule has 1 saturated heterocycles. The topological polar surface area (TPSA) is 95.7 Å². The molecule has 0 radical (unpaired) electrons.